The van der Waals surface area contributed by atoms with E-state index in [9.17, 15) is 14.0 Å². The summed E-state index contributed by atoms with van der Waals surface area (Å²) >= 11 is 13.3. The molecule has 0 aliphatic carbocycles. The SMILES string of the molecule is CCc1c(Cl)c(F)nc(SC(C(N)=O)(c2ccccc2)C(C(N)=O)c2ccccc2)c1Cl. The van der Waals surface area contributed by atoms with E-state index in [0.29, 0.717) is 23.1 Å². The Labute approximate surface area is 199 Å². The van der Waals surface area contributed by atoms with Crippen LogP contribution in [0.1, 0.15) is 29.5 Å². The summed E-state index contributed by atoms with van der Waals surface area (Å²) in [6.07, 6.45) is 0.331. The van der Waals surface area contributed by atoms with Crippen molar-refractivity contribution in [3.05, 3.63) is 93.3 Å². The number of halogens is 3. The van der Waals surface area contributed by atoms with Crippen LogP contribution >= 0.6 is 35.0 Å². The molecule has 0 saturated heterocycles. The second kappa shape index (κ2) is 9.90. The minimum atomic E-state index is -1.77. The number of thioether (sulfide) groups is 1. The Bertz CT molecular complexity index is 1150. The molecule has 0 aliphatic heterocycles. The van der Waals surface area contributed by atoms with Gasteiger partial charge in [-0.2, -0.15) is 4.39 Å². The van der Waals surface area contributed by atoms with E-state index < -0.39 is 28.4 Å². The molecule has 0 spiro atoms. The van der Waals surface area contributed by atoms with Crippen molar-refractivity contribution in [2.75, 3.05) is 0 Å². The van der Waals surface area contributed by atoms with Gasteiger partial charge in [-0.1, -0.05) is 103 Å². The Hall–Kier alpha value is -2.61. The van der Waals surface area contributed by atoms with Gasteiger partial charge in [-0.3, -0.25) is 9.59 Å². The van der Waals surface area contributed by atoms with Gasteiger partial charge >= 0.3 is 0 Å². The number of carbonyl (C=O) groups is 2. The predicted octanol–water partition coefficient (Wildman–Crippen LogP) is 4.83. The standard InChI is InChI=1S/C23H20Cl2FN3O2S/c1-2-15-17(24)19(26)29-21(18(15)25)32-23(22(28)31,14-11-7-4-8-12-14)16(20(27)30)13-9-5-3-6-10-13/h3-12,16H,2H2,1H3,(H2,27,30)(H2,28,31). The van der Waals surface area contributed by atoms with Crippen molar-refractivity contribution >= 4 is 46.8 Å². The first-order chi connectivity index (χ1) is 15.2. The van der Waals surface area contributed by atoms with E-state index in [1.807, 2.05) is 0 Å². The van der Waals surface area contributed by atoms with E-state index in [1.54, 1.807) is 67.6 Å². The minimum Gasteiger partial charge on any atom is -0.369 e. The fraction of sp³-hybridized carbons (Fsp3) is 0.174. The molecular formula is C23H20Cl2FN3O2S. The van der Waals surface area contributed by atoms with Crippen LogP contribution in [0.2, 0.25) is 10.0 Å². The highest BCUT2D eigenvalue weighted by Gasteiger charge is 2.51. The Morgan fingerprint density at radius 1 is 1.03 bits per heavy atom. The van der Waals surface area contributed by atoms with Gasteiger partial charge in [-0.15, -0.1) is 0 Å². The third-order valence-electron chi connectivity index (χ3n) is 5.10. The Morgan fingerprint density at radius 3 is 2.09 bits per heavy atom. The molecule has 2 unspecified atom stereocenters. The summed E-state index contributed by atoms with van der Waals surface area (Å²) in [6.45, 7) is 1.76. The molecule has 0 saturated carbocycles. The van der Waals surface area contributed by atoms with E-state index in [0.717, 1.165) is 11.8 Å². The average Bonchev–Trinajstić information content (AvgIpc) is 2.78. The molecule has 2 aromatic carbocycles. The average molecular weight is 492 g/mol. The van der Waals surface area contributed by atoms with Crippen LogP contribution in [0.15, 0.2) is 65.7 Å². The normalized spacial score (nSPS) is 13.9. The van der Waals surface area contributed by atoms with Gasteiger partial charge < -0.3 is 11.5 Å². The van der Waals surface area contributed by atoms with Crippen molar-refractivity contribution in [1.82, 2.24) is 4.98 Å². The van der Waals surface area contributed by atoms with Crippen LogP contribution in [0.4, 0.5) is 4.39 Å². The zero-order valence-electron chi connectivity index (χ0n) is 17.0. The minimum absolute atomic E-state index is 0.0183. The van der Waals surface area contributed by atoms with Crippen LogP contribution in [0.3, 0.4) is 0 Å². The molecule has 4 N–H and O–H groups in total. The third-order valence-corrected chi connectivity index (χ3v) is 7.49. The molecule has 1 aromatic heterocycles. The predicted molar refractivity (Wildman–Crippen MR) is 125 cm³/mol. The van der Waals surface area contributed by atoms with Gasteiger partial charge in [0.1, 0.15) is 14.8 Å². The molecule has 1 heterocycles. The second-order valence-corrected chi connectivity index (χ2v) is 8.97. The van der Waals surface area contributed by atoms with Crippen LogP contribution in [-0.4, -0.2) is 16.8 Å². The summed E-state index contributed by atoms with van der Waals surface area (Å²) in [5.41, 5.74) is 13.0. The zero-order chi connectivity index (χ0) is 23.5. The largest absolute Gasteiger partial charge is 0.369 e. The second-order valence-electron chi connectivity index (χ2n) is 6.98. The number of nitrogens with two attached hydrogens (primary N) is 2. The van der Waals surface area contributed by atoms with Gasteiger partial charge in [0, 0.05) is 0 Å². The number of carbonyl (C=O) groups excluding carboxylic acids is 2. The lowest BCUT2D eigenvalue weighted by Gasteiger charge is -2.36. The van der Waals surface area contributed by atoms with Crippen molar-refractivity contribution in [1.29, 1.82) is 0 Å². The van der Waals surface area contributed by atoms with Crippen LogP contribution in [0.5, 0.6) is 0 Å². The van der Waals surface area contributed by atoms with E-state index in [1.165, 1.54) is 0 Å². The van der Waals surface area contributed by atoms with Gasteiger partial charge in [0.25, 0.3) is 0 Å². The summed E-state index contributed by atoms with van der Waals surface area (Å²) < 4.78 is 12.8. The monoisotopic (exact) mass is 491 g/mol. The fourth-order valence-corrected chi connectivity index (χ4v) is 5.69. The summed E-state index contributed by atoms with van der Waals surface area (Å²) in [5, 5.41) is -0.127. The van der Waals surface area contributed by atoms with Gasteiger partial charge in [0.05, 0.1) is 10.9 Å². The molecule has 2 atom stereocenters. The molecule has 166 valence electrons. The molecule has 0 aliphatic rings. The summed E-state index contributed by atoms with van der Waals surface area (Å²) in [5.74, 6) is -3.77. The van der Waals surface area contributed by atoms with Crippen LogP contribution in [0, 0.1) is 5.95 Å². The topological polar surface area (TPSA) is 99.1 Å². The summed E-state index contributed by atoms with van der Waals surface area (Å²) in [4.78, 5) is 29.8. The van der Waals surface area contributed by atoms with Crippen molar-refractivity contribution < 1.29 is 14.0 Å². The van der Waals surface area contributed by atoms with Crippen molar-refractivity contribution in [2.45, 2.75) is 29.0 Å². The third kappa shape index (κ3) is 4.33. The Balaban J connectivity index is 2.35. The van der Waals surface area contributed by atoms with Crippen LogP contribution in [-0.2, 0) is 20.8 Å². The summed E-state index contributed by atoms with van der Waals surface area (Å²) in [7, 11) is 0. The number of rotatable bonds is 8. The lowest BCUT2D eigenvalue weighted by atomic mass is 9.79. The Kier molecular flexibility index (Phi) is 7.44. The number of hydrogen-bond acceptors (Lipinski definition) is 4. The number of hydrogen-bond donors (Lipinski definition) is 2. The van der Waals surface area contributed by atoms with Gasteiger partial charge in [-0.05, 0) is 23.1 Å². The summed E-state index contributed by atoms with van der Waals surface area (Å²) in [6, 6.07) is 17.0. The van der Waals surface area contributed by atoms with Crippen molar-refractivity contribution in [3.8, 4) is 0 Å². The lowest BCUT2D eigenvalue weighted by molar-refractivity contribution is -0.127. The van der Waals surface area contributed by atoms with Gasteiger partial charge in [-0.25, -0.2) is 4.98 Å². The molecule has 0 fully saturated rings. The highest BCUT2D eigenvalue weighted by Crippen LogP contribution is 2.52. The maximum absolute atomic E-state index is 14.5. The molecule has 2 amide bonds. The zero-order valence-corrected chi connectivity index (χ0v) is 19.3. The molecule has 5 nitrogen and oxygen atoms in total. The molecule has 3 rings (SSSR count). The van der Waals surface area contributed by atoms with E-state index in [4.69, 9.17) is 34.7 Å². The number of primary amides is 2. The number of benzene rings is 2. The maximum atomic E-state index is 14.5. The first-order valence-electron chi connectivity index (χ1n) is 9.66. The first-order valence-corrected chi connectivity index (χ1v) is 11.2. The van der Waals surface area contributed by atoms with Crippen LogP contribution in [0.25, 0.3) is 0 Å². The van der Waals surface area contributed by atoms with E-state index >= 15 is 0 Å². The van der Waals surface area contributed by atoms with Gasteiger partial charge in [0.15, 0.2) is 0 Å². The first kappa shape index (κ1) is 24.0. The van der Waals surface area contributed by atoms with Crippen molar-refractivity contribution in [2.24, 2.45) is 11.5 Å². The van der Waals surface area contributed by atoms with Crippen molar-refractivity contribution in [3.63, 3.8) is 0 Å². The highest BCUT2D eigenvalue weighted by atomic mass is 35.5. The van der Waals surface area contributed by atoms with Gasteiger partial charge in [0.2, 0.25) is 17.8 Å². The van der Waals surface area contributed by atoms with E-state index in [2.05, 4.69) is 4.98 Å². The van der Waals surface area contributed by atoms with Crippen LogP contribution < -0.4 is 11.5 Å². The molecule has 3 aromatic rings. The highest BCUT2D eigenvalue weighted by molar-refractivity contribution is 8.01. The molecule has 32 heavy (non-hydrogen) atoms. The number of nitrogens with zero attached hydrogens (tertiary/aromatic N) is 1. The maximum Gasteiger partial charge on any atom is 0.239 e. The number of amides is 2. The number of pyridine rings is 1. The molecule has 9 heteroatoms. The Morgan fingerprint density at radius 2 is 1.59 bits per heavy atom. The molecular weight excluding hydrogens is 472 g/mol. The smallest absolute Gasteiger partial charge is 0.239 e. The number of aromatic nitrogens is 1. The lowest BCUT2D eigenvalue weighted by Crippen LogP contribution is -2.48. The quantitative estimate of drug-likeness (QED) is 0.348. The molecule has 0 bridgehead atoms. The fourth-order valence-electron chi connectivity index (χ4n) is 3.62. The van der Waals surface area contributed by atoms with E-state index in [-0.39, 0.29) is 15.1 Å². The molecule has 0 radical (unpaired) electrons.